The SMILES string of the molecule is CCOC(=O)c1[nH]c(CN)c(-c2ccc(OC)c(OC)c2OC)c1C(=O)C1CC1. The van der Waals surface area contributed by atoms with E-state index in [9.17, 15) is 9.59 Å². The van der Waals surface area contributed by atoms with Crippen LogP contribution in [0, 0.1) is 5.92 Å². The number of nitrogens with one attached hydrogen (secondary N) is 1. The van der Waals surface area contributed by atoms with Gasteiger partial charge in [-0.15, -0.1) is 0 Å². The van der Waals surface area contributed by atoms with Crippen molar-refractivity contribution in [1.29, 1.82) is 0 Å². The molecule has 0 aliphatic heterocycles. The van der Waals surface area contributed by atoms with E-state index in [1.54, 1.807) is 19.1 Å². The smallest absolute Gasteiger partial charge is 0.355 e. The first-order valence-electron chi connectivity index (χ1n) is 9.47. The third kappa shape index (κ3) is 3.67. The second kappa shape index (κ2) is 8.57. The van der Waals surface area contributed by atoms with E-state index < -0.39 is 5.97 Å². The number of esters is 1. The van der Waals surface area contributed by atoms with Gasteiger partial charge in [-0.3, -0.25) is 4.79 Å². The number of hydrogen-bond donors (Lipinski definition) is 2. The number of benzene rings is 1. The topological polar surface area (TPSA) is 113 Å². The van der Waals surface area contributed by atoms with Crippen LogP contribution < -0.4 is 19.9 Å². The summed E-state index contributed by atoms with van der Waals surface area (Å²) in [6.07, 6.45) is 1.60. The molecule has 2 aromatic rings. The van der Waals surface area contributed by atoms with Crippen molar-refractivity contribution in [2.75, 3.05) is 27.9 Å². The van der Waals surface area contributed by atoms with Crippen molar-refractivity contribution in [3.8, 4) is 28.4 Å². The number of methoxy groups -OCH3 is 3. The highest BCUT2D eigenvalue weighted by Crippen LogP contribution is 2.48. The number of aromatic amines is 1. The Bertz CT molecular complexity index is 930. The molecule has 8 heteroatoms. The van der Waals surface area contributed by atoms with E-state index in [1.807, 2.05) is 0 Å². The Morgan fingerprint density at radius 2 is 1.79 bits per heavy atom. The van der Waals surface area contributed by atoms with Crippen LogP contribution in [0.5, 0.6) is 17.2 Å². The molecule has 156 valence electrons. The van der Waals surface area contributed by atoms with Crippen molar-refractivity contribution in [1.82, 2.24) is 4.98 Å². The molecule has 8 nitrogen and oxygen atoms in total. The number of H-pyrrole nitrogens is 1. The maximum Gasteiger partial charge on any atom is 0.355 e. The summed E-state index contributed by atoms with van der Waals surface area (Å²) in [5.74, 6) is 0.473. The van der Waals surface area contributed by atoms with Gasteiger partial charge in [-0.05, 0) is 31.9 Å². The first-order valence-corrected chi connectivity index (χ1v) is 9.47. The molecular formula is C21H26N2O6. The van der Waals surface area contributed by atoms with E-state index in [1.165, 1.54) is 21.3 Å². The van der Waals surface area contributed by atoms with Gasteiger partial charge in [0.05, 0.1) is 33.5 Å². The van der Waals surface area contributed by atoms with Gasteiger partial charge in [-0.25, -0.2) is 4.79 Å². The van der Waals surface area contributed by atoms with Gasteiger partial charge in [-0.1, -0.05) is 0 Å². The van der Waals surface area contributed by atoms with Crippen molar-refractivity contribution in [3.05, 3.63) is 29.1 Å². The van der Waals surface area contributed by atoms with E-state index in [0.29, 0.717) is 34.1 Å². The summed E-state index contributed by atoms with van der Waals surface area (Å²) in [4.78, 5) is 28.8. The first kappa shape index (κ1) is 20.7. The number of nitrogens with two attached hydrogens (primary N) is 1. The van der Waals surface area contributed by atoms with Crippen molar-refractivity contribution in [2.45, 2.75) is 26.3 Å². The highest BCUT2D eigenvalue weighted by atomic mass is 16.5. The van der Waals surface area contributed by atoms with Gasteiger partial charge in [0.2, 0.25) is 5.75 Å². The van der Waals surface area contributed by atoms with Crippen LogP contribution in [0.15, 0.2) is 12.1 Å². The van der Waals surface area contributed by atoms with E-state index in [2.05, 4.69) is 4.98 Å². The molecular weight excluding hydrogens is 376 g/mol. The Kier molecular flexibility index (Phi) is 6.12. The number of hydrogen-bond acceptors (Lipinski definition) is 7. The van der Waals surface area contributed by atoms with Gasteiger partial charge in [0, 0.05) is 29.3 Å². The summed E-state index contributed by atoms with van der Waals surface area (Å²) in [5, 5.41) is 0. The van der Waals surface area contributed by atoms with E-state index in [-0.39, 0.29) is 36.1 Å². The maximum atomic E-state index is 13.2. The lowest BCUT2D eigenvalue weighted by Gasteiger charge is -2.17. The number of ether oxygens (including phenoxy) is 4. The fraction of sp³-hybridized carbons (Fsp3) is 0.429. The summed E-state index contributed by atoms with van der Waals surface area (Å²) in [6, 6.07) is 3.49. The zero-order valence-electron chi connectivity index (χ0n) is 17.1. The normalized spacial score (nSPS) is 13.1. The van der Waals surface area contributed by atoms with Crippen LogP contribution in [0.1, 0.15) is 46.3 Å². The van der Waals surface area contributed by atoms with Crippen LogP contribution >= 0.6 is 0 Å². The van der Waals surface area contributed by atoms with Crippen LogP contribution in [-0.2, 0) is 11.3 Å². The zero-order valence-corrected chi connectivity index (χ0v) is 17.1. The van der Waals surface area contributed by atoms with Crippen LogP contribution in [0.4, 0.5) is 0 Å². The molecule has 1 heterocycles. The van der Waals surface area contributed by atoms with Gasteiger partial charge in [0.25, 0.3) is 0 Å². The standard InChI is InChI=1S/C21H26N2O6/c1-5-29-21(25)17-16(18(24)11-6-7-11)15(13(10-22)23-17)12-8-9-14(26-2)20(28-4)19(12)27-3/h8-9,11,23H,5-7,10,22H2,1-4H3. The summed E-state index contributed by atoms with van der Waals surface area (Å²) in [7, 11) is 4.54. The van der Waals surface area contributed by atoms with Gasteiger partial charge in [0.15, 0.2) is 17.3 Å². The predicted octanol–water partition coefficient (Wildman–Crippen LogP) is 2.94. The van der Waals surface area contributed by atoms with E-state index in [4.69, 9.17) is 24.7 Å². The molecule has 1 saturated carbocycles. The molecule has 3 N–H and O–H groups in total. The lowest BCUT2D eigenvalue weighted by atomic mass is 9.94. The second-order valence-corrected chi connectivity index (χ2v) is 6.67. The highest BCUT2D eigenvalue weighted by Gasteiger charge is 2.38. The molecule has 1 aromatic heterocycles. The lowest BCUT2D eigenvalue weighted by molar-refractivity contribution is 0.0516. The fourth-order valence-corrected chi connectivity index (χ4v) is 3.45. The minimum atomic E-state index is -0.586. The van der Waals surface area contributed by atoms with Gasteiger partial charge >= 0.3 is 5.97 Å². The third-order valence-electron chi connectivity index (χ3n) is 4.93. The number of carbonyl (C=O) groups excluding carboxylic acids is 2. The second-order valence-electron chi connectivity index (χ2n) is 6.67. The summed E-state index contributed by atoms with van der Waals surface area (Å²) < 4.78 is 21.6. The molecule has 1 aliphatic rings. The van der Waals surface area contributed by atoms with Crippen LogP contribution in [0.2, 0.25) is 0 Å². The predicted molar refractivity (Wildman–Crippen MR) is 107 cm³/mol. The average molecular weight is 402 g/mol. The molecule has 0 radical (unpaired) electrons. The molecule has 0 saturated heterocycles. The quantitative estimate of drug-likeness (QED) is 0.490. The number of rotatable bonds is 9. The Morgan fingerprint density at radius 1 is 1.10 bits per heavy atom. The van der Waals surface area contributed by atoms with Crippen molar-refractivity contribution in [2.24, 2.45) is 11.7 Å². The van der Waals surface area contributed by atoms with Crippen molar-refractivity contribution < 1.29 is 28.5 Å². The number of carbonyl (C=O) groups is 2. The highest BCUT2D eigenvalue weighted by molar-refractivity contribution is 6.13. The Hall–Kier alpha value is -3.00. The molecule has 0 bridgehead atoms. The largest absolute Gasteiger partial charge is 0.493 e. The average Bonchev–Trinajstić information content (AvgIpc) is 3.51. The van der Waals surface area contributed by atoms with Gasteiger partial charge < -0.3 is 29.7 Å². The molecule has 1 aliphatic carbocycles. The number of aromatic nitrogens is 1. The number of Topliss-reactive ketones (excluding diaryl/α,β-unsaturated/α-hetero) is 1. The molecule has 0 amide bonds. The van der Waals surface area contributed by atoms with Crippen molar-refractivity contribution >= 4 is 11.8 Å². The zero-order chi connectivity index (χ0) is 21.1. The van der Waals surface area contributed by atoms with Crippen LogP contribution in [0.3, 0.4) is 0 Å². The molecule has 0 atom stereocenters. The first-order chi connectivity index (χ1) is 14.0. The molecule has 1 fully saturated rings. The minimum Gasteiger partial charge on any atom is -0.493 e. The van der Waals surface area contributed by atoms with E-state index >= 15 is 0 Å². The van der Waals surface area contributed by atoms with Gasteiger partial charge in [0.1, 0.15) is 5.69 Å². The monoisotopic (exact) mass is 402 g/mol. The van der Waals surface area contributed by atoms with Crippen molar-refractivity contribution in [3.63, 3.8) is 0 Å². The van der Waals surface area contributed by atoms with E-state index in [0.717, 1.165) is 12.8 Å². The maximum absolute atomic E-state index is 13.2. The van der Waals surface area contributed by atoms with Crippen LogP contribution in [-0.4, -0.2) is 44.7 Å². The summed E-state index contributed by atoms with van der Waals surface area (Å²) >= 11 is 0. The number of ketones is 1. The Labute approximate surface area is 169 Å². The molecule has 29 heavy (non-hydrogen) atoms. The molecule has 0 spiro atoms. The lowest BCUT2D eigenvalue weighted by Crippen LogP contribution is -2.13. The molecule has 3 rings (SSSR count). The van der Waals surface area contributed by atoms with Crippen LogP contribution in [0.25, 0.3) is 11.1 Å². The minimum absolute atomic E-state index is 0.0944. The molecule has 0 unspecified atom stereocenters. The molecule has 1 aromatic carbocycles. The van der Waals surface area contributed by atoms with Gasteiger partial charge in [-0.2, -0.15) is 0 Å². The fourth-order valence-electron chi connectivity index (χ4n) is 3.45. The Balaban J connectivity index is 2.31. The third-order valence-corrected chi connectivity index (χ3v) is 4.93. The summed E-state index contributed by atoms with van der Waals surface area (Å²) in [5.41, 5.74) is 8.03. The summed E-state index contributed by atoms with van der Waals surface area (Å²) in [6.45, 7) is 2.00. The Morgan fingerprint density at radius 3 is 2.31 bits per heavy atom.